The lowest BCUT2D eigenvalue weighted by molar-refractivity contribution is 0.212. The predicted molar refractivity (Wildman–Crippen MR) is 92.4 cm³/mol. The van der Waals surface area contributed by atoms with Crippen LogP contribution in [-0.2, 0) is 6.42 Å². The van der Waals surface area contributed by atoms with Gasteiger partial charge in [-0.1, -0.05) is 12.1 Å². The van der Waals surface area contributed by atoms with Crippen LogP contribution in [0.1, 0.15) is 12.0 Å². The number of nitrogens with zero attached hydrogens (tertiary/aromatic N) is 1. The molecule has 1 aromatic rings. The smallest absolute Gasteiger partial charge is 0.164 e. The van der Waals surface area contributed by atoms with Gasteiger partial charge in [-0.15, -0.1) is 0 Å². The molecule has 0 aliphatic carbocycles. The lowest BCUT2D eigenvalue weighted by atomic mass is 10.1. The zero-order valence-electron chi connectivity index (χ0n) is 13.3. The van der Waals surface area contributed by atoms with E-state index in [1.54, 1.807) is 7.11 Å². The van der Waals surface area contributed by atoms with E-state index in [4.69, 9.17) is 9.47 Å². The fourth-order valence-corrected chi connectivity index (χ4v) is 4.13. The van der Waals surface area contributed by atoms with Crippen molar-refractivity contribution in [3.05, 3.63) is 23.8 Å². The number of ether oxygens (including phenoxy) is 2. The normalized spacial score (nSPS) is 22.7. The SMILES string of the molecule is COc1cccc(CCN2CCNCC2)c1OC1CCSC1. The van der Waals surface area contributed by atoms with Gasteiger partial charge in [0.1, 0.15) is 6.10 Å². The maximum atomic E-state index is 6.29. The monoisotopic (exact) mass is 322 g/mol. The second kappa shape index (κ2) is 8.09. The number of piperazine rings is 1. The highest BCUT2D eigenvalue weighted by atomic mass is 32.2. The lowest BCUT2D eigenvalue weighted by Crippen LogP contribution is -2.44. The summed E-state index contributed by atoms with van der Waals surface area (Å²) in [7, 11) is 1.73. The van der Waals surface area contributed by atoms with Gasteiger partial charge in [-0.2, -0.15) is 11.8 Å². The van der Waals surface area contributed by atoms with Crippen molar-refractivity contribution >= 4 is 11.8 Å². The quantitative estimate of drug-likeness (QED) is 0.867. The molecule has 0 spiro atoms. The van der Waals surface area contributed by atoms with E-state index in [2.05, 4.69) is 22.3 Å². The molecule has 0 amide bonds. The summed E-state index contributed by atoms with van der Waals surface area (Å²) < 4.78 is 11.8. The molecule has 5 heteroatoms. The number of hydrogen-bond acceptors (Lipinski definition) is 5. The summed E-state index contributed by atoms with van der Waals surface area (Å²) in [5, 5.41) is 3.40. The van der Waals surface area contributed by atoms with Crippen molar-refractivity contribution in [3.8, 4) is 11.5 Å². The minimum absolute atomic E-state index is 0.333. The molecule has 0 radical (unpaired) electrons. The molecule has 1 N–H and O–H groups in total. The van der Waals surface area contributed by atoms with Crippen LogP contribution in [0, 0.1) is 0 Å². The number of thioether (sulfide) groups is 1. The van der Waals surface area contributed by atoms with E-state index >= 15 is 0 Å². The Morgan fingerprint density at radius 3 is 2.91 bits per heavy atom. The summed E-state index contributed by atoms with van der Waals surface area (Å²) >= 11 is 1.98. The predicted octanol–water partition coefficient (Wildman–Crippen LogP) is 2.03. The molecule has 22 heavy (non-hydrogen) atoms. The summed E-state index contributed by atoms with van der Waals surface area (Å²) in [4.78, 5) is 2.52. The molecule has 0 saturated carbocycles. The highest BCUT2D eigenvalue weighted by Crippen LogP contribution is 2.34. The average Bonchev–Trinajstić information content (AvgIpc) is 3.08. The number of para-hydroxylation sites is 1. The second-order valence-corrected chi connectivity index (χ2v) is 7.04. The molecule has 2 heterocycles. The summed E-state index contributed by atoms with van der Waals surface area (Å²) in [6, 6.07) is 6.26. The van der Waals surface area contributed by atoms with E-state index in [1.807, 2.05) is 17.8 Å². The first-order valence-corrected chi connectivity index (χ1v) is 9.35. The zero-order valence-corrected chi connectivity index (χ0v) is 14.2. The van der Waals surface area contributed by atoms with Crippen molar-refractivity contribution in [3.63, 3.8) is 0 Å². The van der Waals surface area contributed by atoms with E-state index in [0.717, 1.165) is 62.8 Å². The molecule has 2 saturated heterocycles. The van der Waals surface area contributed by atoms with Crippen molar-refractivity contribution < 1.29 is 9.47 Å². The van der Waals surface area contributed by atoms with E-state index in [9.17, 15) is 0 Å². The molecule has 1 unspecified atom stereocenters. The maximum absolute atomic E-state index is 6.29. The molecule has 2 fully saturated rings. The van der Waals surface area contributed by atoms with Crippen LogP contribution in [0.4, 0.5) is 0 Å². The van der Waals surface area contributed by atoms with Crippen molar-refractivity contribution in [2.24, 2.45) is 0 Å². The number of nitrogens with one attached hydrogen (secondary N) is 1. The molecule has 1 atom stereocenters. The van der Waals surface area contributed by atoms with Crippen molar-refractivity contribution in [1.82, 2.24) is 10.2 Å². The number of methoxy groups -OCH3 is 1. The van der Waals surface area contributed by atoms with Crippen molar-refractivity contribution in [2.45, 2.75) is 18.9 Å². The van der Waals surface area contributed by atoms with Gasteiger partial charge in [0.2, 0.25) is 0 Å². The van der Waals surface area contributed by atoms with Crippen LogP contribution in [0.15, 0.2) is 18.2 Å². The van der Waals surface area contributed by atoms with Crippen LogP contribution in [-0.4, -0.2) is 62.3 Å². The molecular formula is C17H26N2O2S. The van der Waals surface area contributed by atoms with E-state index in [-0.39, 0.29) is 0 Å². The van der Waals surface area contributed by atoms with Gasteiger partial charge >= 0.3 is 0 Å². The Bertz CT molecular complexity index is 472. The highest BCUT2D eigenvalue weighted by Gasteiger charge is 2.21. The van der Waals surface area contributed by atoms with E-state index < -0.39 is 0 Å². The Kier molecular flexibility index (Phi) is 5.87. The molecule has 1 aromatic carbocycles. The minimum atomic E-state index is 0.333. The Morgan fingerprint density at radius 2 is 2.18 bits per heavy atom. The largest absolute Gasteiger partial charge is 0.493 e. The van der Waals surface area contributed by atoms with Gasteiger partial charge < -0.3 is 19.7 Å². The Hall–Kier alpha value is -0.910. The van der Waals surface area contributed by atoms with Crippen LogP contribution < -0.4 is 14.8 Å². The fourth-order valence-electron chi connectivity index (χ4n) is 3.04. The minimum Gasteiger partial charge on any atom is -0.493 e. The van der Waals surface area contributed by atoms with E-state index in [1.165, 1.54) is 11.3 Å². The van der Waals surface area contributed by atoms with Crippen LogP contribution in [0.2, 0.25) is 0 Å². The van der Waals surface area contributed by atoms with Crippen LogP contribution >= 0.6 is 11.8 Å². The van der Waals surface area contributed by atoms with Crippen molar-refractivity contribution in [1.29, 1.82) is 0 Å². The lowest BCUT2D eigenvalue weighted by Gasteiger charge is -2.27. The standard InChI is InChI=1S/C17H26N2O2S/c1-20-16-4-2-3-14(5-9-19-10-7-18-8-11-19)17(16)21-15-6-12-22-13-15/h2-4,15,18H,5-13H2,1H3. The molecule has 0 aromatic heterocycles. The van der Waals surface area contributed by atoms with Gasteiger partial charge in [0.15, 0.2) is 11.5 Å². The summed E-state index contributed by atoms with van der Waals surface area (Å²) in [6.07, 6.45) is 2.49. The van der Waals surface area contributed by atoms with Crippen LogP contribution in [0.3, 0.4) is 0 Å². The first-order chi connectivity index (χ1) is 10.9. The average molecular weight is 322 g/mol. The van der Waals surface area contributed by atoms with Gasteiger partial charge in [-0.25, -0.2) is 0 Å². The zero-order chi connectivity index (χ0) is 15.2. The Balaban J connectivity index is 1.68. The van der Waals surface area contributed by atoms with Crippen molar-refractivity contribution in [2.75, 3.05) is 51.3 Å². The van der Waals surface area contributed by atoms with Gasteiger partial charge in [-0.3, -0.25) is 0 Å². The molecule has 2 aliphatic rings. The first-order valence-electron chi connectivity index (χ1n) is 8.20. The maximum Gasteiger partial charge on any atom is 0.164 e. The molecular weight excluding hydrogens is 296 g/mol. The first kappa shape index (κ1) is 16.0. The van der Waals surface area contributed by atoms with E-state index in [0.29, 0.717) is 6.10 Å². The topological polar surface area (TPSA) is 33.7 Å². The molecule has 2 aliphatic heterocycles. The summed E-state index contributed by atoms with van der Waals surface area (Å²) in [6.45, 7) is 5.56. The summed E-state index contributed by atoms with van der Waals surface area (Å²) in [5.41, 5.74) is 1.27. The number of hydrogen-bond donors (Lipinski definition) is 1. The molecule has 0 bridgehead atoms. The van der Waals surface area contributed by atoms with Gasteiger partial charge in [0.25, 0.3) is 0 Å². The summed E-state index contributed by atoms with van der Waals surface area (Å²) in [5.74, 6) is 4.13. The molecule has 122 valence electrons. The molecule has 4 nitrogen and oxygen atoms in total. The van der Waals surface area contributed by atoms with Gasteiger partial charge in [0.05, 0.1) is 7.11 Å². The van der Waals surface area contributed by atoms with Gasteiger partial charge in [-0.05, 0) is 30.2 Å². The Morgan fingerprint density at radius 1 is 1.32 bits per heavy atom. The third kappa shape index (κ3) is 4.09. The van der Waals surface area contributed by atoms with Crippen LogP contribution in [0.25, 0.3) is 0 Å². The van der Waals surface area contributed by atoms with Gasteiger partial charge in [0, 0.05) is 38.5 Å². The second-order valence-electron chi connectivity index (χ2n) is 5.89. The Labute approximate surface area is 137 Å². The fraction of sp³-hybridized carbons (Fsp3) is 0.647. The molecule has 3 rings (SSSR count). The van der Waals surface area contributed by atoms with Crippen LogP contribution in [0.5, 0.6) is 11.5 Å². The highest BCUT2D eigenvalue weighted by molar-refractivity contribution is 7.99. The third-order valence-corrected chi connectivity index (χ3v) is 5.49. The number of benzene rings is 1. The third-order valence-electron chi connectivity index (χ3n) is 4.36. The number of rotatable bonds is 6.